The van der Waals surface area contributed by atoms with Gasteiger partial charge < -0.3 is 15.2 Å². The van der Waals surface area contributed by atoms with Gasteiger partial charge in [0.2, 0.25) is 0 Å². The number of hydrogen-bond donors (Lipinski definition) is 2. The fourth-order valence-electron chi connectivity index (χ4n) is 2.18. The van der Waals surface area contributed by atoms with Crippen LogP contribution in [0.25, 0.3) is 11.1 Å². The predicted octanol–water partition coefficient (Wildman–Crippen LogP) is 2.95. The van der Waals surface area contributed by atoms with E-state index in [1.807, 2.05) is 0 Å². The SMILES string of the molecule is CCNC(=O)c1ccc(-c2ccc(C(=O)O)c(OC)c2)cc1F. The van der Waals surface area contributed by atoms with E-state index < -0.39 is 17.7 Å². The number of ether oxygens (including phenoxy) is 1. The van der Waals surface area contributed by atoms with Crippen molar-refractivity contribution in [2.75, 3.05) is 13.7 Å². The van der Waals surface area contributed by atoms with Crippen LogP contribution < -0.4 is 10.1 Å². The largest absolute Gasteiger partial charge is 0.496 e. The van der Waals surface area contributed by atoms with Crippen LogP contribution in [-0.2, 0) is 0 Å². The van der Waals surface area contributed by atoms with Gasteiger partial charge in [-0.3, -0.25) is 4.79 Å². The lowest BCUT2D eigenvalue weighted by atomic mass is 10.0. The molecule has 0 atom stereocenters. The van der Waals surface area contributed by atoms with E-state index >= 15 is 0 Å². The second-order valence-corrected chi connectivity index (χ2v) is 4.77. The Morgan fingerprint density at radius 2 is 1.74 bits per heavy atom. The van der Waals surface area contributed by atoms with E-state index in [4.69, 9.17) is 9.84 Å². The van der Waals surface area contributed by atoms with Gasteiger partial charge in [-0.1, -0.05) is 12.1 Å². The first kappa shape index (κ1) is 16.5. The molecule has 0 heterocycles. The number of carboxylic acids is 1. The molecule has 1 amide bonds. The molecule has 2 rings (SSSR count). The molecule has 2 aromatic carbocycles. The number of methoxy groups -OCH3 is 1. The number of halogens is 1. The van der Waals surface area contributed by atoms with Crippen LogP contribution >= 0.6 is 0 Å². The van der Waals surface area contributed by atoms with Gasteiger partial charge in [0.1, 0.15) is 17.1 Å². The fraction of sp³-hybridized carbons (Fsp3) is 0.176. The van der Waals surface area contributed by atoms with E-state index in [1.54, 1.807) is 19.1 Å². The molecule has 0 saturated carbocycles. The van der Waals surface area contributed by atoms with E-state index in [9.17, 15) is 14.0 Å². The molecule has 0 spiro atoms. The first-order valence-electron chi connectivity index (χ1n) is 6.97. The number of nitrogens with one attached hydrogen (secondary N) is 1. The molecule has 2 N–H and O–H groups in total. The summed E-state index contributed by atoms with van der Waals surface area (Å²) in [5, 5.41) is 11.6. The summed E-state index contributed by atoms with van der Waals surface area (Å²) in [6, 6.07) is 8.71. The van der Waals surface area contributed by atoms with E-state index in [0.717, 1.165) is 0 Å². The molecule has 0 aliphatic rings. The molecule has 0 saturated heterocycles. The zero-order chi connectivity index (χ0) is 17.0. The summed E-state index contributed by atoms with van der Waals surface area (Å²) in [6.45, 7) is 2.16. The lowest BCUT2D eigenvalue weighted by Gasteiger charge is -2.10. The van der Waals surface area contributed by atoms with Crippen LogP contribution in [0.4, 0.5) is 4.39 Å². The molecule has 6 heteroatoms. The van der Waals surface area contributed by atoms with Crippen molar-refractivity contribution >= 4 is 11.9 Å². The highest BCUT2D eigenvalue weighted by Crippen LogP contribution is 2.28. The quantitative estimate of drug-likeness (QED) is 0.889. The minimum atomic E-state index is -1.11. The Bertz CT molecular complexity index is 758. The first-order chi connectivity index (χ1) is 11.0. The number of carbonyl (C=O) groups is 2. The molecule has 0 unspecified atom stereocenters. The minimum Gasteiger partial charge on any atom is -0.496 e. The van der Waals surface area contributed by atoms with Crippen LogP contribution in [0.2, 0.25) is 0 Å². The van der Waals surface area contributed by atoms with Crippen molar-refractivity contribution in [2.45, 2.75) is 6.92 Å². The molecule has 23 heavy (non-hydrogen) atoms. The molecule has 0 aromatic heterocycles. The van der Waals surface area contributed by atoms with Crippen molar-refractivity contribution in [1.29, 1.82) is 0 Å². The number of rotatable bonds is 5. The highest BCUT2D eigenvalue weighted by atomic mass is 19.1. The Balaban J connectivity index is 2.41. The number of carboxylic acid groups (broad SMARTS) is 1. The average molecular weight is 317 g/mol. The van der Waals surface area contributed by atoms with Crippen LogP contribution in [0.3, 0.4) is 0 Å². The first-order valence-corrected chi connectivity index (χ1v) is 6.97. The highest BCUT2D eigenvalue weighted by Gasteiger charge is 2.15. The molecule has 0 fully saturated rings. The maximum absolute atomic E-state index is 14.1. The van der Waals surface area contributed by atoms with Crippen LogP contribution in [-0.4, -0.2) is 30.6 Å². The summed E-state index contributed by atoms with van der Waals surface area (Å²) < 4.78 is 19.2. The lowest BCUT2D eigenvalue weighted by Crippen LogP contribution is -2.23. The molecule has 0 bridgehead atoms. The predicted molar refractivity (Wildman–Crippen MR) is 83.4 cm³/mol. The molecule has 0 aliphatic heterocycles. The third-order valence-corrected chi connectivity index (χ3v) is 3.32. The van der Waals surface area contributed by atoms with Gasteiger partial charge in [0.25, 0.3) is 5.91 Å². The topological polar surface area (TPSA) is 75.6 Å². The third-order valence-electron chi connectivity index (χ3n) is 3.32. The Labute approximate surface area is 132 Å². The van der Waals surface area contributed by atoms with E-state index in [1.165, 1.54) is 31.4 Å². The van der Waals surface area contributed by atoms with Gasteiger partial charge in [-0.2, -0.15) is 0 Å². The Morgan fingerprint density at radius 1 is 1.13 bits per heavy atom. The van der Waals surface area contributed by atoms with E-state index in [2.05, 4.69) is 5.32 Å². The monoisotopic (exact) mass is 317 g/mol. The average Bonchev–Trinajstić information content (AvgIpc) is 2.54. The van der Waals surface area contributed by atoms with Crippen molar-refractivity contribution in [3.8, 4) is 16.9 Å². The van der Waals surface area contributed by atoms with Crippen LogP contribution in [0.1, 0.15) is 27.6 Å². The zero-order valence-corrected chi connectivity index (χ0v) is 12.7. The van der Waals surface area contributed by atoms with Gasteiger partial charge >= 0.3 is 5.97 Å². The molecule has 0 aliphatic carbocycles. The van der Waals surface area contributed by atoms with Crippen molar-refractivity contribution in [3.63, 3.8) is 0 Å². The van der Waals surface area contributed by atoms with E-state index in [-0.39, 0.29) is 16.9 Å². The summed E-state index contributed by atoms with van der Waals surface area (Å²) in [6.07, 6.45) is 0. The van der Waals surface area contributed by atoms with Crippen molar-refractivity contribution in [1.82, 2.24) is 5.32 Å². The third kappa shape index (κ3) is 3.48. The van der Waals surface area contributed by atoms with Crippen LogP contribution in [0.15, 0.2) is 36.4 Å². The molecule has 5 nitrogen and oxygen atoms in total. The van der Waals surface area contributed by atoms with Gasteiger partial charge in [-0.05, 0) is 42.3 Å². The summed E-state index contributed by atoms with van der Waals surface area (Å²) >= 11 is 0. The smallest absolute Gasteiger partial charge is 0.339 e. The van der Waals surface area contributed by atoms with Crippen LogP contribution in [0, 0.1) is 5.82 Å². The number of benzene rings is 2. The van der Waals surface area contributed by atoms with Crippen molar-refractivity contribution < 1.29 is 23.8 Å². The summed E-state index contributed by atoms with van der Waals surface area (Å²) in [5.41, 5.74) is 1.10. The maximum Gasteiger partial charge on any atom is 0.339 e. The Hall–Kier alpha value is -2.89. The van der Waals surface area contributed by atoms with Gasteiger partial charge in [0.05, 0.1) is 12.7 Å². The number of carbonyl (C=O) groups excluding carboxylic acids is 1. The fourth-order valence-corrected chi connectivity index (χ4v) is 2.18. The normalized spacial score (nSPS) is 10.2. The summed E-state index contributed by atoms with van der Waals surface area (Å²) in [7, 11) is 1.37. The molecular weight excluding hydrogens is 301 g/mol. The second kappa shape index (κ2) is 6.91. The standard InChI is InChI=1S/C17H16FNO4/c1-3-19-16(20)12-6-4-10(8-14(12)18)11-5-7-13(17(21)22)15(9-11)23-2/h4-9H,3H2,1-2H3,(H,19,20)(H,21,22). The maximum atomic E-state index is 14.1. The van der Waals surface area contributed by atoms with Crippen molar-refractivity contribution in [2.24, 2.45) is 0 Å². The van der Waals surface area contributed by atoms with Gasteiger partial charge in [-0.25, -0.2) is 9.18 Å². The zero-order valence-electron chi connectivity index (χ0n) is 12.7. The van der Waals surface area contributed by atoms with Crippen LogP contribution in [0.5, 0.6) is 5.75 Å². The molecule has 0 radical (unpaired) electrons. The number of hydrogen-bond acceptors (Lipinski definition) is 3. The summed E-state index contributed by atoms with van der Waals surface area (Å²) in [5.74, 6) is -2.04. The second-order valence-electron chi connectivity index (χ2n) is 4.77. The highest BCUT2D eigenvalue weighted by molar-refractivity contribution is 5.95. The Kier molecular flexibility index (Phi) is 4.95. The van der Waals surface area contributed by atoms with Gasteiger partial charge in [0, 0.05) is 6.54 Å². The number of aromatic carboxylic acids is 1. The summed E-state index contributed by atoms with van der Waals surface area (Å²) in [4.78, 5) is 22.8. The number of amides is 1. The molecular formula is C17H16FNO4. The lowest BCUT2D eigenvalue weighted by molar-refractivity contribution is 0.0693. The molecule has 2 aromatic rings. The van der Waals surface area contributed by atoms with E-state index in [0.29, 0.717) is 17.7 Å². The molecule has 120 valence electrons. The minimum absolute atomic E-state index is 0.0238. The Morgan fingerprint density at radius 3 is 2.26 bits per heavy atom. The van der Waals surface area contributed by atoms with Gasteiger partial charge in [0.15, 0.2) is 0 Å². The van der Waals surface area contributed by atoms with Gasteiger partial charge in [-0.15, -0.1) is 0 Å². The van der Waals surface area contributed by atoms with Crippen molar-refractivity contribution in [3.05, 3.63) is 53.3 Å².